The summed E-state index contributed by atoms with van der Waals surface area (Å²) in [7, 11) is 0. The molecule has 0 N–H and O–H groups in total. The summed E-state index contributed by atoms with van der Waals surface area (Å²) in [5.74, 6) is 3.85. The van der Waals surface area contributed by atoms with Crippen molar-refractivity contribution in [1.29, 1.82) is 0 Å². The Morgan fingerprint density at radius 3 is 2.29 bits per heavy atom. The zero-order valence-electron chi connectivity index (χ0n) is 19.9. The third-order valence-corrected chi connectivity index (χ3v) is 6.89. The Labute approximate surface area is 205 Å². The smallest absolute Gasteiger partial charge is 0.231 e. The highest BCUT2D eigenvalue weighted by atomic mass is 16.7. The van der Waals surface area contributed by atoms with Gasteiger partial charge in [0.25, 0.3) is 0 Å². The van der Waals surface area contributed by atoms with Gasteiger partial charge in [-0.1, -0.05) is 24.1 Å². The number of ether oxygens (including phenoxy) is 4. The number of aromatic nitrogens is 1. The molecule has 6 rings (SSSR count). The second-order valence-corrected chi connectivity index (χ2v) is 9.34. The van der Waals surface area contributed by atoms with Crippen LogP contribution in [0.5, 0.6) is 23.0 Å². The van der Waals surface area contributed by atoms with Gasteiger partial charge in [0.15, 0.2) is 23.0 Å². The molecular formula is C27H31N3O5. The molecule has 0 amide bonds. The number of anilines is 1. The average molecular weight is 478 g/mol. The Balaban J connectivity index is 1.19. The highest BCUT2D eigenvalue weighted by molar-refractivity contribution is 5.66. The number of likely N-dealkylation sites (tertiary alicyclic amines) is 1. The maximum absolute atomic E-state index is 5.86. The molecule has 0 saturated carbocycles. The van der Waals surface area contributed by atoms with Gasteiger partial charge in [-0.2, -0.15) is 0 Å². The molecule has 8 heteroatoms. The summed E-state index contributed by atoms with van der Waals surface area (Å²) in [6.45, 7) is 5.62. The lowest BCUT2D eigenvalue weighted by Crippen LogP contribution is -2.30. The molecule has 1 saturated heterocycles. The molecular weight excluding hydrogens is 446 g/mol. The van der Waals surface area contributed by atoms with Crippen LogP contribution in [0.3, 0.4) is 0 Å². The summed E-state index contributed by atoms with van der Waals surface area (Å²) in [5.41, 5.74) is 2.86. The van der Waals surface area contributed by atoms with Gasteiger partial charge >= 0.3 is 0 Å². The van der Waals surface area contributed by atoms with E-state index in [1.807, 2.05) is 30.3 Å². The van der Waals surface area contributed by atoms with Crippen molar-refractivity contribution in [3.63, 3.8) is 0 Å². The minimum atomic E-state index is 0.253. The predicted octanol–water partition coefficient (Wildman–Crippen LogP) is 5.07. The number of nitrogens with zero attached hydrogens (tertiary/aromatic N) is 3. The predicted molar refractivity (Wildman–Crippen MR) is 131 cm³/mol. The van der Waals surface area contributed by atoms with E-state index in [-0.39, 0.29) is 13.6 Å². The van der Waals surface area contributed by atoms with Crippen LogP contribution in [0.2, 0.25) is 0 Å². The fourth-order valence-corrected chi connectivity index (χ4v) is 4.98. The Hall–Kier alpha value is -3.39. The maximum Gasteiger partial charge on any atom is 0.231 e. The summed E-state index contributed by atoms with van der Waals surface area (Å²) in [5, 5.41) is 4.37. The van der Waals surface area contributed by atoms with E-state index in [4.69, 9.17) is 23.5 Å². The van der Waals surface area contributed by atoms with E-state index < -0.39 is 0 Å². The van der Waals surface area contributed by atoms with Crippen LogP contribution in [0, 0.1) is 0 Å². The van der Waals surface area contributed by atoms with Gasteiger partial charge in [-0.25, -0.2) is 0 Å². The van der Waals surface area contributed by atoms with Crippen LogP contribution in [-0.4, -0.2) is 49.8 Å². The third kappa shape index (κ3) is 5.03. The van der Waals surface area contributed by atoms with Gasteiger partial charge in [0.1, 0.15) is 5.69 Å². The van der Waals surface area contributed by atoms with Crippen LogP contribution in [0.4, 0.5) is 5.88 Å². The first kappa shape index (κ1) is 22.1. The average Bonchev–Trinajstić information content (AvgIpc) is 3.61. The Bertz CT molecular complexity index is 1160. The second kappa shape index (κ2) is 10.1. The Morgan fingerprint density at radius 2 is 1.49 bits per heavy atom. The first-order valence-electron chi connectivity index (χ1n) is 12.5. The molecule has 0 bridgehead atoms. The third-order valence-electron chi connectivity index (χ3n) is 6.89. The van der Waals surface area contributed by atoms with E-state index in [0.717, 1.165) is 65.2 Å². The van der Waals surface area contributed by atoms with Gasteiger partial charge in [0.2, 0.25) is 19.5 Å². The number of rotatable bonds is 8. The molecule has 1 fully saturated rings. The first-order valence-corrected chi connectivity index (χ1v) is 12.5. The van der Waals surface area contributed by atoms with Crippen molar-refractivity contribution in [2.75, 3.05) is 44.7 Å². The summed E-state index contributed by atoms with van der Waals surface area (Å²) in [6.07, 6.45) is 6.38. The molecule has 1 aromatic heterocycles. The van der Waals surface area contributed by atoms with Crippen molar-refractivity contribution in [3.8, 4) is 34.3 Å². The van der Waals surface area contributed by atoms with Crippen molar-refractivity contribution in [1.82, 2.24) is 10.1 Å². The van der Waals surface area contributed by atoms with Gasteiger partial charge in [-0.05, 0) is 74.8 Å². The minimum absolute atomic E-state index is 0.253. The Morgan fingerprint density at radius 1 is 0.771 bits per heavy atom. The number of hydrogen-bond acceptors (Lipinski definition) is 8. The zero-order chi connectivity index (χ0) is 23.5. The molecule has 184 valence electrons. The molecule has 0 unspecified atom stereocenters. The zero-order valence-corrected chi connectivity index (χ0v) is 19.9. The molecule has 0 aliphatic carbocycles. The lowest BCUT2D eigenvalue weighted by molar-refractivity contribution is 0.173. The molecule has 3 aromatic rings. The number of hydrogen-bond donors (Lipinski definition) is 0. The van der Waals surface area contributed by atoms with Crippen molar-refractivity contribution in [2.24, 2.45) is 0 Å². The van der Waals surface area contributed by atoms with Crippen LogP contribution in [0.25, 0.3) is 11.3 Å². The summed E-state index contributed by atoms with van der Waals surface area (Å²) in [6, 6.07) is 14.0. The van der Waals surface area contributed by atoms with E-state index >= 15 is 0 Å². The van der Waals surface area contributed by atoms with Gasteiger partial charge in [-0.3, -0.25) is 0 Å². The van der Waals surface area contributed by atoms with Gasteiger partial charge < -0.3 is 33.3 Å². The second-order valence-electron chi connectivity index (χ2n) is 9.34. The van der Waals surface area contributed by atoms with Crippen molar-refractivity contribution >= 4 is 5.88 Å². The van der Waals surface area contributed by atoms with E-state index in [1.54, 1.807) is 0 Å². The van der Waals surface area contributed by atoms with Crippen LogP contribution in [0.15, 0.2) is 47.0 Å². The number of benzene rings is 2. The van der Waals surface area contributed by atoms with E-state index in [2.05, 4.69) is 27.1 Å². The Kier molecular flexibility index (Phi) is 6.36. The molecule has 0 spiro atoms. The molecule has 3 aliphatic heterocycles. The molecule has 0 radical (unpaired) electrons. The first-order chi connectivity index (χ1) is 17.3. The normalized spacial score (nSPS) is 16.9. The molecule has 35 heavy (non-hydrogen) atoms. The highest BCUT2D eigenvalue weighted by Gasteiger charge is 2.20. The summed E-state index contributed by atoms with van der Waals surface area (Å²) in [4.78, 5) is 4.86. The maximum atomic E-state index is 5.86. The lowest BCUT2D eigenvalue weighted by atomic mass is 10.1. The number of fused-ring (bicyclic) bond motifs is 2. The fourth-order valence-electron chi connectivity index (χ4n) is 4.98. The summed E-state index contributed by atoms with van der Waals surface area (Å²) < 4.78 is 27.9. The standard InChI is InChI=1S/C27H31N3O5/c1-2-4-11-29(10-3-1)12-5-13-30(17-20-6-8-23-25(14-20)33-18-31-23)27-16-22(28-35-27)21-7-9-24-26(15-21)34-19-32-24/h6-9,14-16H,1-5,10-13,17-19H2. The fraction of sp³-hybridized carbons (Fsp3) is 0.444. The molecule has 2 aromatic carbocycles. The van der Waals surface area contributed by atoms with E-state index in [0.29, 0.717) is 6.54 Å². The van der Waals surface area contributed by atoms with Gasteiger partial charge in [0, 0.05) is 24.7 Å². The topological polar surface area (TPSA) is 69.4 Å². The van der Waals surface area contributed by atoms with Crippen LogP contribution in [0.1, 0.15) is 37.7 Å². The van der Waals surface area contributed by atoms with E-state index in [9.17, 15) is 0 Å². The SMILES string of the molecule is c1cc2c(cc1CN(CCCN1CCCCCC1)c1cc(-c3ccc4c(c3)OCO4)no1)OCO2. The molecule has 0 atom stereocenters. The van der Waals surface area contributed by atoms with Crippen LogP contribution in [-0.2, 0) is 6.54 Å². The molecule has 8 nitrogen and oxygen atoms in total. The lowest BCUT2D eigenvalue weighted by Gasteiger charge is -2.24. The molecule has 4 heterocycles. The largest absolute Gasteiger partial charge is 0.454 e. The van der Waals surface area contributed by atoms with Crippen molar-refractivity contribution < 1.29 is 23.5 Å². The monoisotopic (exact) mass is 477 g/mol. The highest BCUT2D eigenvalue weighted by Crippen LogP contribution is 2.37. The quantitative estimate of drug-likeness (QED) is 0.445. The summed E-state index contributed by atoms with van der Waals surface area (Å²) >= 11 is 0. The molecule has 3 aliphatic rings. The van der Waals surface area contributed by atoms with Crippen LogP contribution < -0.4 is 23.8 Å². The van der Waals surface area contributed by atoms with Crippen LogP contribution >= 0.6 is 0 Å². The van der Waals surface area contributed by atoms with Gasteiger partial charge in [-0.15, -0.1) is 0 Å². The van der Waals surface area contributed by atoms with Crippen molar-refractivity contribution in [3.05, 3.63) is 48.0 Å². The van der Waals surface area contributed by atoms with Gasteiger partial charge in [0.05, 0.1) is 0 Å². The van der Waals surface area contributed by atoms with E-state index in [1.165, 1.54) is 38.8 Å². The minimum Gasteiger partial charge on any atom is -0.454 e. The van der Waals surface area contributed by atoms with Crippen molar-refractivity contribution in [2.45, 2.75) is 38.6 Å².